The minimum absolute atomic E-state index is 0.0473. The number of nitrogens with two attached hydrogens (primary N) is 1. The summed E-state index contributed by atoms with van der Waals surface area (Å²) in [7, 11) is 0. The van der Waals surface area contributed by atoms with Gasteiger partial charge in [-0.25, -0.2) is 0 Å². The Morgan fingerprint density at radius 3 is 2.91 bits per heavy atom. The van der Waals surface area contributed by atoms with Crippen LogP contribution >= 0.6 is 0 Å². The van der Waals surface area contributed by atoms with E-state index in [1.807, 2.05) is 0 Å². The maximum absolute atomic E-state index is 12.7. The maximum Gasteiger partial charge on any atom is 0.260 e. The molecule has 0 saturated carbocycles. The van der Waals surface area contributed by atoms with Crippen LogP contribution in [-0.2, 0) is 4.79 Å². The van der Waals surface area contributed by atoms with Crippen molar-refractivity contribution in [3.63, 3.8) is 0 Å². The van der Waals surface area contributed by atoms with Gasteiger partial charge in [-0.2, -0.15) is 0 Å². The summed E-state index contributed by atoms with van der Waals surface area (Å²) < 4.78 is 0. The predicted molar refractivity (Wildman–Crippen MR) is 83.5 cm³/mol. The van der Waals surface area contributed by atoms with Crippen LogP contribution in [-0.4, -0.2) is 39.2 Å². The highest BCUT2D eigenvalue weighted by atomic mass is 16.3. The number of allylic oxidation sites excluding steroid dienone is 1. The molecule has 1 aromatic rings. The topological polar surface area (TPSA) is 116 Å². The molecule has 2 heterocycles. The normalized spacial score (nSPS) is 23.1. The Kier molecular flexibility index (Phi) is 3.57. The molecule has 1 aromatic carbocycles. The molecule has 2 atom stereocenters. The number of aliphatic hydroxyl groups excluding tert-OH is 1. The Morgan fingerprint density at radius 1 is 1.48 bits per heavy atom. The van der Waals surface area contributed by atoms with Crippen LogP contribution in [0.25, 0.3) is 0 Å². The van der Waals surface area contributed by atoms with Gasteiger partial charge in [-0.1, -0.05) is 12.1 Å². The number of phenolic OH excluding ortho intramolecular Hbond substituents is 1. The van der Waals surface area contributed by atoms with E-state index >= 15 is 0 Å². The van der Waals surface area contributed by atoms with Crippen LogP contribution in [0, 0.1) is 6.92 Å². The molecule has 0 bridgehead atoms. The van der Waals surface area contributed by atoms with E-state index in [0.29, 0.717) is 17.6 Å². The van der Waals surface area contributed by atoms with Gasteiger partial charge in [-0.15, -0.1) is 0 Å². The molecule has 0 aromatic heterocycles. The second kappa shape index (κ2) is 5.44. The lowest BCUT2D eigenvalue weighted by Gasteiger charge is -2.24. The van der Waals surface area contributed by atoms with Gasteiger partial charge < -0.3 is 26.2 Å². The highest BCUT2D eigenvalue weighted by Gasteiger charge is 2.39. The van der Waals surface area contributed by atoms with Gasteiger partial charge in [0.25, 0.3) is 5.91 Å². The van der Waals surface area contributed by atoms with Crippen molar-refractivity contribution < 1.29 is 19.8 Å². The summed E-state index contributed by atoms with van der Waals surface area (Å²) in [6.45, 7) is 1.72. The van der Waals surface area contributed by atoms with Gasteiger partial charge in [-0.05, 0) is 30.5 Å². The molecular formula is C16H17N3O4. The SMILES string of the molecule is Cc1ccc2c(c1O)N[C@H](O)[C@@H]1CC(/C=C\C(N)=O)=CN1C2=O. The van der Waals surface area contributed by atoms with E-state index in [2.05, 4.69) is 5.32 Å². The van der Waals surface area contributed by atoms with Crippen molar-refractivity contribution in [2.75, 3.05) is 5.32 Å². The summed E-state index contributed by atoms with van der Waals surface area (Å²) >= 11 is 0. The third-order valence-corrected chi connectivity index (χ3v) is 4.07. The largest absolute Gasteiger partial charge is 0.505 e. The van der Waals surface area contributed by atoms with Gasteiger partial charge in [0, 0.05) is 12.3 Å². The van der Waals surface area contributed by atoms with Gasteiger partial charge in [0.05, 0.1) is 17.3 Å². The lowest BCUT2D eigenvalue weighted by atomic mass is 10.1. The van der Waals surface area contributed by atoms with E-state index in [1.54, 1.807) is 25.3 Å². The molecule has 0 spiro atoms. The molecule has 0 aliphatic carbocycles. The molecule has 0 saturated heterocycles. The number of carbonyl (C=O) groups is 2. The Labute approximate surface area is 132 Å². The van der Waals surface area contributed by atoms with E-state index in [1.165, 1.54) is 17.1 Å². The summed E-state index contributed by atoms with van der Waals surface area (Å²) in [5.41, 5.74) is 6.91. The van der Waals surface area contributed by atoms with Crippen LogP contribution in [0.15, 0.2) is 36.1 Å². The second-order valence-corrected chi connectivity index (χ2v) is 5.67. The number of primary amides is 1. The van der Waals surface area contributed by atoms with Crippen molar-refractivity contribution >= 4 is 17.5 Å². The van der Waals surface area contributed by atoms with Crippen molar-refractivity contribution in [3.8, 4) is 5.75 Å². The number of nitrogens with one attached hydrogen (secondary N) is 1. The summed E-state index contributed by atoms with van der Waals surface area (Å²) in [5, 5.41) is 23.3. The minimum Gasteiger partial charge on any atom is -0.505 e. The summed E-state index contributed by atoms with van der Waals surface area (Å²) in [6.07, 6.45) is 3.65. The van der Waals surface area contributed by atoms with Crippen molar-refractivity contribution in [1.82, 2.24) is 4.90 Å². The fourth-order valence-electron chi connectivity index (χ4n) is 2.84. The number of amides is 2. The van der Waals surface area contributed by atoms with Crippen LogP contribution in [0.2, 0.25) is 0 Å². The maximum atomic E-state index is 12.7. The third kappa shape index (κ3) is 2.55. The summed E-state index contributed by atoms with van der Waals surface area (Å²) in [6, 6.07) is 2.73. The van der Waals surface area contributed by atoms with Crippen LogP contribution in [0.1, 0.15) is 22.3 Å². The Morgan fingerprint density at radius 2 is 2.22 bits per heavy atom. The molecule has 7 nitrogen and oxygen atoms in total. The third-order valence-electron chi connectivity index (χ3n) is 4.07. The first kappa shape index (κ1) is 15.1. The van der Waals surface area contributed by atoms with Crippen LogP contribution in [0.4, 0.5) is 5.69 Å². The summed E-state index contributed by atoms with van der Waals surface area (Å²) in [4.78, 5) is 25.0. The molecule has 7 heteroatoms. The fraction of sp³-hybridized carbons (Fsp3) is 0.250. The van der Waals surface area contributed by atoms with Gasteiger partial charge in [0.15, 0.2) is 0 Å². The molecule has 5 N–H and O–H groups in total. The molecule has 120 valence electrons. The zero-order valence-corrected chi connectivity index (χ0v) is 12.5. The highest BCUT2D eigenvalue weighted by molar-refractivity contribution is 6.03. The van der Waals surface area contributed by atoms with E-state index in [4.69, 9.17) is 5.73 Å². The number of carbonyl (C=O) groups excluding carboxylic acids is 2. The first-order valence-electron chi connectivity index (χ1n) is 7.16. The first-order valence-corrected chi connectivity index (χ1v) is 7.16. The van der Waals surface area contributed by atoms with Crippen LogP contribution in [0.5, 0.6) is 5.75 Å². The number of nitrogens with zero attached hydrogens (tertiary/aromatic N) is 1. The van der Waals surface area contributed by atoms with E-state index < -0.39 is 18.2 Å². The molecule has 2 amide bonds. The molecule has 3 rings (SSSR count). The minimum atomic E-state index is -1.05. The smallest absolute Gasteiger partial charge is 0.260 e. The fourth-order valence-corrected chi connectivity index (χ4v) is 2.84. The van der Waals surface area contributed by atoms with E-state index in [0.717, 1.165) is 0 Å². The van der Waals surface area contributed by atoms with E-state index in [9.17, 15) is 19.8 Å². The lowest BCUT2D eigenvalue weighted by Crippen LogP contribution is -2.42. The average Bonchev–Trinajstić information content (AvgIpc) is 2.90. The number of rotatable bonds is 2. The molecule has 23 heavy (non-hydrogen) atoms. The number of benzene rings is 1. The standard InChI is InChI=1S/C16H17N3O4/c1-8-2-4-10-13(14(8)21)18-15(22)11-6-9(3-5-12(17)20)7-19(11)16(10)23/h2-5,7,11,15,18,21-22H,6H2,1H3,(H2,17,20)/b5-3-/t11-,15+/m0/s1. The quantitative estimate of drug-likeness (QED) is 0.471. The molecule has 0 fully saturated rings. The first-order chi connectivity index (χ1) is 10.9. The zero-order chi connectivity index (χ0) is 16.7. The molecule has 2 aliphatic rings. The van der Waals surface area contributed by atoms with Gasteiger partial charge in [0.2, 0.25) is 5.91 Å². The van der Waals surface area contributed by atoms with E-state index in [-0.39, 0.29) is 22.9 Å². The number of hydrogen-bond donors (Lipinski definition) is 4. The number of anilines is 1. The van der Waals surface area contributed by atoms with Gasteiger partial charge in [-0.3, -0.25) is 9.59 Å². The number of hydrogen-bond acceptors (Lipinski definition) is 5. The van der Waals surface area contributed by atoms with Crippen LogP contribution < -0.4 is 11.1 Å². The lowest BCUT2D eigenvalue weighted by molar-refractivity contribution is -0.113. The average molecular weight is 315 g/mol. The molecule has 2 aliphatic heterocycles. The number of phenols is 1. The van der Waals surface area contributed by atoms with Crippen molar-refractivity contribution in [3.05, 3.63) is 47.2 Å². The Balaban J connectivity index is 2.01. The van der Waals surface area contributed by atoms with Gasteiger partial charge in [0.1, 0.15) is 12.0 Å². The molecule has 0 unspecified atom stereocenters. The van der Waals surface area contributed by atoms with Crippen molar-refractivity contribution in [2.45, 2.75) is 25.6 Å². The monoisotopic (exact) mass is 315 g/mol. The van der Waals surface area contributed by atoms with Crippen LogP contribution in [0.3, 0.4) is 0 Å². The highest BCUT2D eigenvalue weighted by Crippen LogP contribution is 2.38. The second-order valence-electron chi connectivity index (χ2n) is 5.67. The summed E-state index contributed by atoms with van der Waals surface area (Å²) in [5.74, 6) is -0.954. The van der Waals surface area contributed by atoms with Gasteiger partial charge >= 0.3 is 0 Å². The number of aromatic hydroxyl groups is 1. The predicted octanol–water partition coefficient (Wildman–Crippen LogP) is 0.584. The number of aryl methyl sites for hydroxylation is 1. The van der Waals surface area contributed by atoms with Crippen molar-refractivity contribution in [2.24, 2.45) is 5.73 Å². The number of aliphatic hydroxyl groups is 1. The Hall–Kier alpha value is -2.80. The number of fused-ring (bicyclic) bond motifs is 2. The Bertz CT molecular complexity index is 754. The molecular weight excluding hydrogens is 298 g/mol. The zero-order valence-electron chi connectivity index (χ0n) is 12.5. The molecule has 0 radical (unpaired) electrons. The van der Waals surface area contributed by atoms with Crippen molar-refractivity contribution in [1.29, 1.82) is 0 Å².